The Balaban J connectivity index is 0.00000288. The van der Waals surface area contributed by atoms with Gasteiger partial charge in [-0.2, -0.15) is 0 Å². The highest BCUT2D eigenvalue weighted by atomic mass is 127. The van der Waals surface area contributed by atoms with Crippen LogP contribution in [0, 0.1) is 5.92 Å². The van der Waals surface area contributed by atoms with Crippen LogP contribution in [0.3, 0.4) is 0 Å². The Morgan fingerprint density at radius 1 is 1.38 bits per heavy atom. The smallest absolute Gasteiger partial charge is 0.190 e. The second-order valence-corrected chi connectivity index (χ2v) is 7.44. The van der Waals surface area contributed by atoms with Gasteiger partial charge >= 0.3 is 0 Å². The minimum atomic E-state index is 0. The van der Waals surface area contributed by atoms with Crippen LogP contribution in [0.15, 0.2) is 22.5 Å². The molecule has 2 N–H and O–H groups in total. The molecular formula is C18H33IN4S. The SMILES string of the molecule is CCCCCNC(=NC)NCC1CCCN(Cc2cccs2)C1.I. The van der Waals surface area contributed by atoms with Gasteiger partial charge < -0.3 is 10.6 Å². The molecule has 2 rings (SSSR count). The van der Waals surface area contributed by atoms with E-state index in [1.54, 1.807) is 0 Å². The van der Waals surface area contributed by atoms with Gasteiger partial charge in [0.25, 0.3) is 0 Å². The number of guanidine groups is 1. The maximum absolute atomic E-state index is 4.33. The number of nitrogens with zero attached hydrogens (tertiary/aromatic N) is 2. The number of aliphatic imine (C=N–C) groups is 1. The first kappa shape index (κ1) is 21.7. The molecule has 24 heavy (non-hydrogen) atoms. The van der Waals surface area contributed by atoms with E-state index in [0.29, 0.717) is 0 Å². The Kier molecular flexibility index (Phi) is 11.7. The van der Waals surface area contributed by atoms with Crippen LogP contribution < -0.4 is 10.6 Å². The molecule has 1 aliphatic rings. The molecule has 1 atom stereocenters. The molecule has 0 bridgehead atoms. The third kappa shape index (κ3) is 8.16. The summed E-state index contributed by atoms with van der Waals surface area (Å²) in [5, 5.41) is 9.10. The van der Waals surface area contributed by atoms with Crippen LogP contribution in [0.25, 0.3) is 0 Å². The maximum Gasteiger partial charge on any atom is 0.190 e. The standard InChI is InChI=1S/C18H32N4S.HI/c1-3-4-5-10-20-18(19-2)21-13-16-8-6-11-22(14-16)15-17-9-7-12-23-17;/h7,9,12,16H,3-6,8,10-11,13-15H2,1-2H3,(H2,19,20,21);1H. The van der Waals surface area contributed by atoms with Gasteiger partial charge in [-0.25, -0.2) is 0 Å². The fourth-order valence-corrected chi connectivity index (χ4v) is 3.87. The molecule has 1 saturated heterocycles. The van der Waals surface area contributed by atoms with Crippen molar-refractivity contribution in [2.45, 2.75) is 45.6 Å². The average Bonchev–Trinajstić information content (AvgIpc) is 3.07. The van der Waals surface area contributed by atoms with Crippen molar-refractivity contribution in [1.29, 1.82) is 0 Å². The van der Waals surface area contributed by atoms with E-state index in [9.17, 15) is 0 Å². The lowest BCUT2D eigenvalue weighted by Crippen LogP contribution is -2.44. The van der Waals surface area contributed by atoms with E-state index in [2.05, 4.69) is 45.0 Å². The van der Waals surface area contributed by atoms with Crippen molar-refractivity contribution >= 4 is 41.3 Å². The summed E-state index contributed by atoms with van der Waals surface area (Å²) in [4.78, 5) is 8.41. The summed E-state index contributed by atoms with van der Waals surface area (Å²) in [7, 11) is 1.86. The van der Waals surface area contributed by atoms with Gasteiger partial charge in [0, 0.05) is 38.1 Å². The monoisotopic (exact) mass is 464 g/mol. The van der Waals surface area contributed by atoms with E-state index in [1.165, 1.54) is 50.1 Å². The lowest BCUT2D eigenvalue weighted by atomic mass is 9.98. The Labute approximate surface area is 168 Å². The second kappa shape index (κ2) is 12.9. The molecule has 4 nitrogen and oxygen atoms in total. The Morgan fingerprint density at radius 3 is 2.96 bits per heavy atom. The summed E-state index contributed by atoms with van der Waals surface area (Å²) < 4.78 is 0. The number of halogens is 1. The Hall–Kier alpha value is -0.340. The number of likely N-dealkylation sites (tertiary alicyclic amines) is 1. The fourth-order valence-electron chi connectivity index (χ4n) is 3.13. The topological polar surface area (TPSA) is 39.7 Å². The summed E-state index contributed by atoms with van der Waals surface area (Å²) in [5.41, 5.74) is 0. The minimum Gasteiger partial charge on any atom is -0.356 e. The van der Waals surface area contributed by atoms with Gasteiger partial charge in [-0.3, -0.25) is 9.89 Å². The average molecular weight is 464 g/mol. The summed E-state index contributed by atoms with van der Waals surface area (Å²) >= 11 is 1.87. The highest BCUT2D eigenvalue weighted by molar-refractivity contribution is 14.0. The zero-order valence-electron chi connectivity index (χ0n) is 15.1. The number of hydrogen-bond acceptors (Lipinski definition) is 3. The normalized spacial score (nSPS) is 18.9. The second-order valence-electron chi connectivity index (χ2n) is 6.41. The molecule has 0 saturated carbocycles. The van der Waals surface area contributed by atoms with Gasteiger partial charge in [0.05, 0.1) is 0 Å². The fraction of sp³-hybridized carbons (Fsp3) is 0.722. The number of piperidine rings is 1. The van der Waals surface area contributed by atoms with Gasteiger partial charge in [-0.05, 0) is 43.2 Å². The predicted octanol–water partition coefficient (Wildman–Crippen LogP) is 3.93. The van der Waals surface area contributed by atoms with E-state index in [0.717, 1.165) is 31.5 Å². The quantitative estimate of drug-likeness (QED) is 0.265. The molecule has 0 amide bonds. The van der Waals surface area contributed by atoms with E-state index < -0.39 is 0 Å². The lowest BCUT2D eigenvalue weighted by molar-refractivity contribution is 0.169. The molecule has 0 aromatic carbocycles. The first-order chi connectivity index (χ1) is 11.3. The zero-order chi connectivity index (χ0) is 16.3. The number of unbranched alkanes of at least 4 members (excludes halogenated alkanes) is 2. The van der Waals surface area contributed by atoms with Crippen molar-refractivity contribution in [3.8, 4) is 0 Å². The Bertz CT molecular complexity index is 450. The van der Waals surface area contributed by atoms with Crippen LogP contribution >= 0.6 is 35.3 Å². The molecule has 138 valence electrons. The number of hydrogen-bond donors (Lipinski definition) is 2. The van der Waals surface area contributed by atoms with Crippen LogP contribution in [0.5, 0.6) is 0 Å². The van der Waals surface area contributed by atoms with Gasteiger partial charge in [-0.15, -0.1) is 35.3 Å². The van der Waals surface area contributed by atoms with E-state index in [4.69, 9.17) is 0 Å². The predicted molar refractivity (Wildman–Crippen MR) is 117 cm³/mol. The first-order valence-electron chi connectivity index (χ1n) is 9.01. The lowest BCUT2D eigenvalue weighted by Gasteiger charge is -2.32. The van der Waals surface area contributed by atoms with Crippen molar-refractivity contribution in [2.24, 2.45) is 10.9 Å². The molecule has 0 radical (unpaired) electrons. The van der Waals surface area contributed by atoms with Crippen molar-refractivity contribution in [3.63, 3.8) is 0 Å². The highest BCUT2D eigenvalue weighted by Crippen LogP contribution is 2.19. The third-order valence-corrected chi connectivity index (χ3v) is 5.28. The first-order valence-corrected chi connectivity index (χ1v) is 9.89. The van der Waals surface area contributed by atoms with Crippen LogP contribution in [0.2, 0.25) is 0 Å². The van der Waals surface area contributed by atoms with Crippen LogP contribution in [0.4, 0.5) is 0 Å². The van der Waals surface area contributed by atoms with Gasteiger partial charge in [-0.1, -0.05) is 25.8 Å². The molecule has 1 unspecified atom stereocenters. The largest absolute Gasteiger partial charge is 0.356 e. The van der Waals surface area contributed by atoms with Crippen molar-refractivity contribution in [3.05, 3.63) is 22.4 Å². The molecule has 0 spiro atoms. The van der Waals surface area contributed by atoms with Gasteiger partial charge in [0.1, 0.15) is 0 Å². The van der Waals surface area contributed by atoms with E-state index in [-0.39, 0.29) is 24.0 Å². The molecule has 1 aliphatic heterocycles. The molecule has 1 fully saturated rings. The molecular weight excluding hydrogens is 431 g/mol. The van der Waals surface area contributed by atoms with E-state index in [1.807, 2.05) is 18.4 Å². The maximum atomic E-state index is 4.33. The van der Waals surface area contributed by atoms with Crippen molar-refractivity contribution < 1.29 is 0 Å². The van der Waals surface area contributed by atoms with Gasteiger partial charge in [0.15, 0.2) is 5.96 Å². The molecule has 0 aliphatic carbocycles. The number of nitrogens with one attached hydrogen (secondary N) is 2. The summed E-state index contributed by atoms with van der Waals surface area (Å²) in [5.74, 6) is 1.68. The van der Waals surface area contributed by atoms with Crippen molar-refractivity contribution in [2.75, 3.05) is 33.2 Å². The summed E-state index contributed by atoms with van der Waals surface area (Å²) in [6, 6.07) is 4.39. The van der Waals surface area contributed by atoms with E-state index >= 15 is 0 Å². The third-order valence-electron chi connectivity index (χ3n) is 4.42. The molecule has 6 heteroatoms. The van der Waals surface area contributed by atoms with Crippen LogP contribution in [-0.2, 0) is 6.54 Å². The van der Waals surface area contributed by atoms with Crippen LogP contribution in [-0.4, -0.2) is 44.1 Å². The molecule has 2 heterocycles. The van der Waals surface area contributed by atoms with Crippen LogP contribution in [0.1, 0.15) is 43.9 Å². The number of rotatable bonds is 8. The minimum absolute atomic E-state index is 0. The van der Waals surface area contributed by atoms with Crippen molar-refractivity contribution in [1.82, 2.24) is 15.5 Å². The Morgan fingerprint density at radius 2 is 2.25 bits per heavy atom. The zero-order valence-corrected chi connectivity index (χ0v) is 18.2. The molecule has 1 aromatic rings. The summed E-state index contributed by atoms with van der Waals surface area (Å²) in [6.45, 7) is 7.81. The number of thiophene rings is 1. The summed E-state index contributed by atoms with van der Waals surface area (Å²) in [6.07, 6.45) is 6.39. The molecule has 1 aromatic heterocycles. The highest BCUT2D eigenvalue weighted by Gasteiger charge is 2.20. The van der Waals surface area contributed by atoms with Gasteiger partial charge in [0.2, 0.25) is 0 Å².